The number of ketones is 1. The molecule has 3 heteroatoms. The van der Waals surface area contributed by atoms with Crippen LogP contribution < -0.4 is 0 Å². The molecule has 0 aliphatic rings. The van der Waals surface area contributed by atoms with Crippen LogP contribution in [0.2, 0.25) is 0 Å². The molecule has 0 N–H and O–H groups in total. The standard InChI is InChI=1S/C10H10F2O/c11-10(12)7-6-9(13)8-4-2-1-3-5-8/h1-5,10H,6-7H2. The van der Waals surface area contributed by atoms with E-state index < -0.39 is 6.43 Å². The molecule has 70 valence electrons. The molecule has 0 fully saturated rings. The molecule has 0 aliphatic heterocycles. The zero-order chi connectivity index (χ0) is 9.68. The Kier molecular flexibility index (Phi) is 3.55. The minimum Gasteiger partial charge on any atom is -0.294 e. The zero-order valence-electron chi connectivity index (χ0n) is 7.04. The van der Waals surface area contributed by atoms with Gasteiger partial charge in [-0.15, -0.1) is 0 Å². The van der Waals surface area contributed by atoms with Crippen molar-refractivity contribution in [2.75, 3.05) is 0 Å². The summed E-state index contributed by atoms with van der Waals surface area (Å²) in [6.07, 6.45) is -2.83. The Balaban J connectivity index is 2.50. The maximum Gasteiger partial charge on any atom is 0.239 e. The summed E-state index contributed by atoms with van der Waals surface area (Å²) < 4.78 is 23.5. The Morgan fingerprint density at radius 2 is 1.85 bits per heavy atom. The molecular weight excluding hydrogens is 174 g/mol. The van der Waals surface area contributed by atoms with E-state index in [0.29, 0.717) is 5.56 Å². The first-order valence-corrected chi connectivity index (χ1v) is 4.06. The molecule has 1 aromatic rings. The lowest BCUT2D eigenvalue weighted by Crippen LogP contribution is -2.01. The average Bonchev–Trinajstić information content (AvgIpc) is 2.15. The molecule has 1 rings (SSSR count). The summed E-state index contributed by atoms with van der Waals surface area (Å²) in [6, 6.07) is 8.48. The van der Waals surface area contributed by atoms with E-state index in [-0.39, 0.29) is 18.6 Å². The quantitative estimate of drug-likeness (QED) is 0.657. The highest BCUT2D eigenvalue weighted by Crippen LogP contribution is 2.08. The van der Waals surface area contributed by atoms with Crippen LogP contribution in [-0.4, -0.2) is 12.2 Å². The van der Waals surface area contributed by atoms with Crippen molar-refractivity contribution in [2.24, 2.45) is 0 Å². The molecule has 0 radical (unpaired) electrons. The molecule has 0 unspecified atom stereocenters. The summed E-state index contributed by atoms with van der Waals surface area (Å²) in [5.41, 5.74) is 0.503. The van der Waals surface area contributed by atoms with Crippen molar-refractivity contribution in [3.8, 4) is 0 Å². The van der Waals surface area contributed by atoms with Crippen LogP contribution in [0.15, 0.2) is 30.3 Å². The number of halogens is 2. The van der Waals surface area contributed by atoms with Gasteiger partial charge in [-0.05, 0) is 0 Å². The van der Waals surface area contributed by atoms with Crippen molar-refractivity contribution in [3.05, 3.63) is 35.9 Å². The fourth-order valence-corrected chi connectivity index (χ4v) is 1.01. The highest BCUT2D eigenvalue weighted by molar-refractivity contribution is 5.95. The summed E-state index contributed by atoms with van der Waals surface area (Å²) in [7, 11) is 0. The van der Waals surface area contributed by atoms with E-state index in [0.717, 1.165) is 0 Å². The largest absolute Gasteiger partial charge is 0.294 e. The lowest BCUT2D eigenvalue weighted by molar-refractivity contribution is 0.0909. The van der Waals surface area contributed by atoms with Gasteiger partial charge in [-0.25, -0.2) is 8.78 Å². The van der Waals surface area contributed by atoms with E-state index in [2.05, 4.69) is 0 Å². The predicted octanol–water partition coefficient (Wildman–Crippen LogP) is 2.91. The summed E-state index contributed by atoms with van der Waals surface area (Å²) in [6.45, 7) is 0. The van der Waals surface area contributed by atoms with Crippen LogP contribution in [-0.2, 0) is 0 Å². The Hall–Kier alpha value is -1.25. The number of alkyl halides is 2. The smallest absolute Gasteiger partial charge is 0.239 e. The first-order chi connectivity index (χ1) is 6.20. The Labute approximate surface area is 75.4 Å². The second kappa shape index (κ2) is 4.70. The average molecular weight is 184 g/mol. The summed E-state index contributed by atoms with van der Waals surface area (Å²) in [5, 5.41) is 0. The maximum atomic E-state index is 11.8. The van der Waals surface area contributed by atoms with Gasteiger partial charge < -0.3 is 0 Å². The van der Waals surface area contributed by atoms with E-state index in [4.69, 9.17) is 0 Å². The normalized spacial score (nSPS) is 10.4. The van der Waals surface area contributed by atoms with Crippen molar-refractivity contribution in [1.29, 1.82) is 0 Å². The van der Waals surface area contributed by atoms with Crippen LogP contribution >= 0.6 is 0 Å². The fourth-order valence-electron chi connectivity index (χ4n) is 1.01. The van der Waals surface area contributed by atoms with Gasteiger partial charge in [0.05, 0.1) is 0 Å². The van der Waals surface area contributed by atoms with E-state index in [1.54, 1.807) is 30.3 Å². The number of Topliss-reactive ketones (excluding diaryl/α,β-unsaturated/α-hetero) is 1. The molecule has 1 aromatic carbocycles. The maximum absolute atomic E-state index is 11.8. The highest BCUT2D eigenvalue weighted by Gasteiger charge is 2.08. The topological polar surface area (TPSA) is 17.1 Å². The van der Waals surface area contributed by atoms with Crippen LogP contribution in [0.4, 0.5) is 8.78 Å². The predicted molar refractivity (Wildman–Crippen MR) is 46.0 cm³/mol. The SMILES string of the molecule is O=C(CCC(F)F)c1ccccc1. The van der Waals surface area contributed by atoms with Gasteiger partial charge in [-0.3, -0.25) is 4.79 Å². The van der Waals surface area contributed by atoms with E-state index in [1.165, 1.54) is 0 Å². The number of hydrogen-bond acceptors (Lipinski definition) is 1. The molecule has 0 atom stereocenters. The summed E-state index contributed by atoms with van der Waals surface area (Å²) >= 11 is 0. The van der Waals surface area contributed by atoms with Gasteiger partial charge in [-0.2, -0.15) is 0 Å². The zero-order valence-corrected chi connectivity index (χ0v) is 7.04. The minimum atomic E-state index is -2.40. The van der Waals surface area contributed by atoms with Crippen molar-refractivity contribution < 1.29 is 13.6 Å². The van der Waals surface area contributed by atoms with Gasteiger partial charge in [0.15, 0.2) is 5.78 Å². The van der Waals surface area contributed by atoms with Crippen LogP contribution in [0, 0.1) is 0 Å². The van der Waals surface area contributed by atoms with E-state index >= 15 is 0 Å². The molecule has 13 heavy (non-hydrogen) atoms. The van der Waals surface area contributed by atoms with Gasteiger partial charge in [0.1, 0.15) is 0 Å². The van der Waals surface area contributed by atoms with Gasteiger partial charge in [-0.1, -0.05) is 30.3 Å². The van der Waals surface area contributed by atoms with Gasteiger partial charge in [0, 0.05) is 18.4 Å². The van der Waals surface area contributed by atoms with Crippen molar-refractivity contribution >= 4 is 5.78 Å². The highest BCUT2D eigenvalue weighted by atomic mass is 19.3. The van der Waals surface area contributed by atoms with Crippen LogP contribution in [0.3, 0.4) is 0 Å². The molecule has 0 aliphatic carbocycles. The summed E-state index contributed by atoms with van der Waals surface area (Å²) in [5.74, 6) is -0.221. The first-order valence-electron chi connectivity index (χ1n) is 4.06. The monoisotopic (exact) mass is 184 g/mol. The second-order valence-corrected chi connectivity index (χ2v) is 2.72. The number of carbonyl (C=O) groups is 1. The van der Waals surface area contributed by atoms with Crippen LogP contribution in [0.1, 0.15) is 23.2 Å². The number of carbonyl (C=O) groups excluding carboxylic acids is 1. The molecule has 0 bridgehead atoms. The Morgan fingerprint density at radius 3 is 2.38 bits per heavy atom. The Bertz CT molecular complexity index is 270. The van der Waals surface area contributed by atoms with Crippen molar-refractivity contribution in [3.63, 3.8) is 0 Å². The van der Waals surface area contributed by atoms with E-state index in [1.807, 2.05) is 0 Å². The van der Waals surface area contributed by atoms with Crippen LogP contribution in [0.5, 0.6) is 0 Å². The second-order valence-electron chi connectivity index (χ2n) is 2.72. The molecule has 0 aromatic heterocycles. The molecule has 1 nitrogen and oxygen atoms in total. The van der Waals surface area contributed by atoms with E-state index in [9.17, 15) is 13.6 Å². The molecule has 0 saturated heterocycles. The third-order valence-electron chi connectivity index (χ3n) is 1.69. The van der Waals surface area contributed by atoms with Gasteiger partial charge in [0.2, 0.25) is 6.43 Å². The molecule has 0 saturated carbocycles. The lowest BCUT2D eigenvalue weighted by Gasteiger charge is -1.99. The van der Waals surface area contributed by atoms with Crippen LogP contribution in [0.25, 0.3) is 0 Å². The van der Waals surface area contributed by atoms with Gasteiger partial charge in [0.25, 0.3) is 0 Å². The summed E-state index contributed by atoms with van der Waals surface area (Å²) in [4.78, 5) is 11.2. The Morgan fingerprint density at radius 1 is 1.23 bits per heavy atom. The van der Waals surface area contributed by atoms with Crippen molar-refractivity contribution in [1.82, 2.24) is 0 Å². The number of hydrogen-bond donors (Lipinski definition) is 0. The van der Waals surface area contributed by atoms with Gasteiger partial charge >= 0.3 is 0 Å². The third-order valence-corrected chi connectivity index (χ3v) is 1.69. The first kappa shape index (κ1) is 9.84. The minimum absolute atomic E-state index is 0.0817. The third kappa shape index (κ3) is 3.32. The molecule has 0 heterocycles. The fraction of sp³-hybridized carbons (Fsp3) is 0.300. The molecule has 0 spiro atoms. The number of benzene rings is 1. The molecule has 0 amide bonds. The molecular formula is C10H10F2O. The number of rotatable bonds is 4. The lowest BCUT2D eigenvalue weighted by atomic mass is 10.1. The van der Waals surface area contributed by atoms with Crippen molar-refractivity contribution in [2.45, 2.75) is 19.3 Å².